The lowest BCUT2D eigenvalue weighted by molar-refractivity contribution is -0.123. The second kappa shape index (κ2) is 9.10. The summed E-state index contributed by atoms with van der Waals surface area (Å²) in [5, 5.41) is 9.30. The molecule has 2 aromatic carbocycles. The van der Waals surface area contributed by atoms with Gasteiger partial charge >= 0.3 is 0 Å². The lowest BCUT2D eigenvalue weighted by atomic mass is 10.2. The number of carbonyl (C=O) groups is 1. The summed E-state index contributed by atoms with van der Waals surface area (Å²) in [4.78, 5) is 11.9. The van der Waals surface area contributed by atoms with Crippen LogP contribution in [0.5, 0.6) is 5.75 Å². The first-order chi connectivity index (χ1) is 13.5. The van der Waals surface area contributed by atoms with Crippen molar-refractivity contribution in [2.75, 3.05) is 6.61 Å². The smallest absolute Gasteiger partial charge is 0.277 e. The fourth-order valence-electron chi connectivity index (χ4n) is 2.38. The predicted octanol–water partition coefficient (Wildman–Crippen LogP) is 4.67. The quantitative estimate of drug-likeness (QED) is 0.450. The third-order valence-corrected chi connectivity index (χ3v) is 4.56. The van der Waals surface area contributed by atoms with Crippen LogP contribution in [0.3, 0.4) is 0 Å². The Morgan fingerprint density at radius 3 is 2.68 bits per heavy atom. The molecule has 0 unspecified atom stereocenters. The molecule has 0 saturated heterocycles. The summed E-state index contributed by atoms with van der Waals surface area (Å²) in [6.07, 6.45) is 1.44. The fourth-order valence-corrected chi connectivity index (χ4v) is 3.11. The molecule has 0 aliphatic rings. The van der Waals surface area contributed by atoms with E-state index in [0.29, 0.717) is 21.4 Å². The Labute approximate surface area is 176 Å². The number of hydrazone groups is 1. The van der Waals surface area contributed by atoms with Gasteiger partial charge < -0.3 is 4.74 Å². The number of nitrogens with zero attached hydrogens (tertiary/aromatic N) is 3. The predicted molar refractivity (Wildman–Crippen MR) is 111 cm³/mol. The molecule has 0 fully saturated rings. The molecule has 28 heavy (non-hydrogen) atoms. The van der Waals surface area contributed by atoms with Gasteiger partial charge in [0.05, 0.1) is 28.2 Å². The molecule has 3 rings (SSSR count). The standard InChI is InChI=1S/C19H15Cl3N4O2/c1-12-15(19(22)25-26(12)14-5-3-2-4-6-14)10-23-24-18(27)11-28-17-8-7-13(20)9-16(17)21/h2-10H,11H2,1H3,(H,24,27)/b23-10-. The summed E-state index contributed by atoms with van der Waals surface area (Å²) in [6, 6.07) is 14.3. The van der Waals surface area contributed by atoms with Crippen molar-refractivity contribution in [3.63, 3.8) is 0 Å². The molecule has 6 nitrogen and oxygen atoms in total. The van der Waals surface area contributed by atoms with Gasteiger partial charge in [0.25, 0.3) is 5.91 Å². The van der Waals surface area contributed by atoms with Gasteiger partial charge in [-0.15, -0.1) is 0 Å². The number of ether oxygens (including phenoxy) is 1. The first kappa shape index (κ1) is 20.2. The Hall–Kier alpha value is -2.54. The number of benzene rings is 2. The maximum absolute atomic E-state index is 11.9. The van der Waals surface area contributed by atoms with E-state index in [1.807, 2.05) is 37.3 Å². The normalized spacial score (nSPS) is 11.0. The van der Waals surface area contributed by atoms with Gasteiger partial charge in [0.2, 0.25) is 0 Å². The van der Waals surface area contributed by atoms with E-state index >= 15 is 0 Å². The Bertz CT molecular complexity index is 1020. The molecule has 0 bridgehead atoms. The number of hydrogen-bond donors (Lipinski definition) is 1. The van der Waals surface area contributed by atoms with Crippen LogP contribution in [0, 0.1) is 6.92 Å². The van der Waals surface area contributed by atoms with E-state index in [1.165, 1.54) is 12.3 Å². The van der Waals surface area contributed by atoms with Crippen molar-refractivity contribution in [2.45, 2.75) is 6.92 Å². The fraction of sp³-hybridized carbons (Fsp3) is 0.105. The summed E-state index contributed by atoms with van der Waals surface area (Å²) in [7, 11) is 0. The zero-order valence-corrected chi connectivity index (χ0v) is 17.0. The van der Waals surface area contributed by atoms with E-state index in [1.54, 1.807) is 16.8 Å². The van der Waals surface area contributed by atoms with Crippen LogP contribution in [0.4, 0.5) is 0 Å². The molecule has 1 heterocycles. The van der Waals surface area contributed by atoms with Gasteiger partial charge in [0.1, 0.15) is 5.75 Å². The highest BCUT2D eigenvalue weighted by atomic mass is 35.5. The van der Waals surface area contributed by atoms with E-state index in [9.17, 15) is 4.79 Å². The van der Waals surface area contributed by atoms with Crippen molar-refractivity contribution >= 4 is 46.9 Å². The number of carbonyl (C=O) groups excluding carboxylic acids is 1. The molecule has 9 heteroatoms. The third-order valence-electron chi connectivity index (χ3n) is 3.75. The van der Waals surface area contributed by atoms with Crippen molar-refractivity contribution < 1.29 is 9.53 Å². The van der Waals surface area contributed by atoms with Crippen LogP contribution >= 0.6 is 34.8 Å². The minimum atomic E-state index is -0.452. The molecule has 0 radical (unpaired) electrons. The molecular weight excluding hydrogens is 423 g/mol. The molecule has 0 saturated carbocycles. The van der Waals surface area contributed by atoms with Gasteiger partial charge in [-0.1, -0.05) is 53.0 Å². The highest BCUT2D eigenvalue weighted by Crippen LogP contribution is 2.27. The molecule has 1 amide bonds. The Balaban J connectivity index is 1.61. The maximum Gasteiger partial charge on any atom is 0.277 e. The highest BCUT2D eigenvalue weighted by molar-refractivity contribution is 6.35. The second-order valence-corrected chi connectivity index (χ2v) is 6.90. The molecule has 1 aromatic heterocycles. The summed E-state index contributed by atoms with van der Waals surface area (Å²) in [5.41, 5.74) is 4.64. The maximum atomic E-state index is 11.9. The van der Waals surface area contributed by atoms with E-state index in [2.05, 4.69) is 15.6 Å². The molecule has 0 atom stereocenters. The van der Waals surface area contributed by atoms with E-state index < -0.39 is 5.91 Å². The van der Waals surface area contributed by atoms with Crippen LogP contribution in [0.15, 0.2) is 53.6 Å². The van der Waals surface area contributed by atoms with E-state index in [4.69, 9.17) is 39.5 Å². The number of hydrogen-bond acceptors (Lipinski definition) is 4. The minimum absolute atomic E-state index is 0.255. The molecule has 144 valence electrons. The average molecular weight is 438 g/mol. The van der Waals surface area contributed by atoms with Crippen molar-refractivity contribution in [2.24, 2.45) is 5.10 Å². The van der Waals surface area contributed by atoms with Crippen LogP contribution in [0.25, 0.3) is 5.69 Å². The molecule has 0 aliphatic carbocycles. The molecule has 3 aromatic rings. The van der Waals surface area contributed by atoms with Gasteiger partial charge in [-0.05, 0) is 37.3 Å². The lowest BCUT2D eigenvalue weighted by Gasteiger charge is -2.07. The first-order valence-corrected chi connectivity index (χ1v) is 9.29. The Kier molecular flexibility index (Phi) is 6.57. The molecule has 0 spiro atoms. The summed E-state index contributed by atoms with van der Waals surface area (Å²) >= 11 is 18.0. The van der Waals surface area contributed by atoms with Gasteiger partial charge in [-0.2, -0.15) is 10.2 Å². The van der Waals surface area contributed by atoms with Crippen LogP contribution < -0.4 is 10.2 Å². The van der Waals surface area contributed by atoms with Crippen molar-refractivity contribution in [3.8, 4) is 11.4 Å². The van der Waals surface area contributed by atoms with Gasteiger partial charge in [0, 0.05) is 5.02 Å². The number of nitrogens with one attached hydrogen (secondary N) is 1. The molecule has 0 aliphatic heterocycles. The van der Waals surface area contributed by atoms with Crippen LogP contribution in [-0.4, -0.2) is 28.5 Å². The summed E-state index contributed by atoms with van der Waals surface area (Å²) in [6.45, 7) is 1.61. The summed E-state index contributed by atoms with van der Waals surface area (Å²) in [5.74, 6) is -0.0975. The number of aromatic nitrogens is 2. The van der Waals surface area contributed by atoms with Gasteiger partial charge in [-0.25, -0.2) is 10.1 Å². The minimum Gasteiger partial charge on any atom is -0.482 e. The highest BCUT2D eigenvalue weighted by Gasteiger charge is 2.13. The van der Waals surface area contributed by atoms with Gasteiger partial charge in [0.15, 0.2) is 11.8 Å². The lowest BCUT2D eigenvalue weighted by Crippen LogP contribution is -2.24. The zero-order valence-electron chi connectivity index (χ0n) is 14.7. The Morgan fingerprint density at radius 1 is 1.21 bits per heavy atom. The average Bonchev–Trinajstić information content (AvgIpc) is 2.96. The molecule has 1 N–H and O–H groups in total. The second-order valence-electron chi connectivity index (χ2n) is 5.69. The van der Waals surface area contributed by atoms with E-state index in [-0.39, 0.29) is 11.8 Å². The van der Waals surface area contributed by atoms with Gasteiger partial charge in [-0.3, -0.25) is 4.79 Å². The summed E-state index contributed by atoms with van der Waals surface area (Å²) < 4.78 is 7.05. The molecular formula is C19H15Cl3N4O2. The largest absolute Gasteiger partial charge is 0.482 e. The Morgan fingerprint density at radius 2 is 1.96 bits per heavy atom. The monoisotopic (exact) mass is 436 g/mol. The number of halogens is 3. The first-order valence-electron chi connectivity index (χ1n) is 8.16. The third kappa shape index (κ3) is 4.84. The topological polar surface area (TPSA) is 68.5 Å². The van der Waals surface area contributed by atoms with E-state index in [0.717, 1.165) is 11.4 Å². The van der Waals surface area contributed by atoms with Crippen LogP contribution in [0.1, 0.15) is 11.3 Å². The number of para-hydroxylation sites is 1. The SMILES string of the molecule is Cc1c(/C=N\NC(=O)COc2ccc(Cl)cc2Cl)c(Cl)nn1-c1ccccc1. The van der Waals surface area contributed by atoms with Crippen LogP contribution in [-0.2, 0) is 4.79 Å². The number of amides is 1. The van der Waals surface area contributed by atoms with Crippen molar-refractivity contribution in [1.29, 1.82) is 0 Å². The number of rotatable bonds is 6. The zero-order chi connectivity index (χ0) is 20.1. The van der Waals surface area contributed by atoms with Crippen LogP contribution in [0.2, 0.25) is 15.2 Å². The van der Waals surface area contributed by atoms with Crippen molar-refractivity contribution in [3.05, 3.63) is 75.0 Å². The van der Waals surface area contributed by atoms with Crippen molar-refractivity contribution in [1.82, 2.24) is 15.2 Å².